The van der Waals surface area contributed by atoms with Gasteiger partial charge in [-0.05, 0) is 46.3 Å². The summed E-state index contributed by atoms with van der Waals surface area (Å²) < 4.78 is 20.5. The first-order valence-corrected chi connectivity index (χ1v) is 7.20. The third-order valence-electron chi connectivity index (χ3n) is 2.65. The Morgan fingerprint density at radius 1 is 1.16 bits per heavy atom. The fraction of sp³-hybridized carbons (Fsp3) is 0.143. The van der Waals surface area contributed by atoms with E-state index >= 15 is 0 Å². The number of rotatable bonds is 4. The van der Waals surface area contributed by atoms with E-state index in [0.29, 0.717) is 12.1 Å². The van der Waals surface area contributed by atoms with Crippen molar-refractivity contribution in [2.75, 3.05) is 12.4 Å². The Morgan fingerprint density at radius 3 is 2.68 bits per heavy atom. The standard InChI is InChI=1S/C14H12Br2FNO/c1-19-11-3-4-12(16)14(7-11)18-8-9-6-10(15)2-5-13(9)17/h2-7,18H,8H2,1H3. The molecule has 2 aromatic rings. The van der Waals surface area contributed by atoms with Crippen molar-refractivity contribution in [1.82, 2.24) is 0 Å². The van der Waals surface area contributed by atoms with E-state index in [9.17, 15) is 4.39 Å². The van der Waals surface area contributed by atoms with E-state index in [1.807, 2.05) is 18.2 Å². The van der Waals surface area contributed by atoms with E-state index in [0.717, 1.165) is 20.4 Å². The summed E-state index contributed by atoms with van der Waals surface area (Å²) in [5.41, 5.74) is 1.46. The van der Waals surface area contributed by atoms with Crippen molar-refractivity contribution in [3.8, 4) is 5.75 Å². The second-order valence-corrected chi connectivity index (χ2v) is 5.71. The Balaban J connectivity index is 2.16. The molecule has 5 heteroatoms. The largest absolute Gasteiger partial charge is 0.497 e. The molecule has 2 nitrogen and oxygen atoms in total. The Morgan fingerprint density at radius 2 is 1.95 bits per heavy atom. The molecule has 0 saturated carbocycles. The molecule has 19 heavy (non-hydrogen) atoms. The first kappa shape index (κ1) is 14.3. The summed E-state index contributed by atoms with van der Waals surface area (Å²) in [5, 5.41) is 3.18. The summed E-state index contributed by atoms with van der Waals surface area (Å²) in [4.78, 5) is 0. The molecular weight excluding hydrogens is 377 g/mol. The molecule has 0 aromatic heterocycles. The molecule has 0 bridgehead atoms. The second kappa shape index (κ2) is 6.39. The maximum atomic E-state index is 13.6. The molecule has 0 atom stereocenters. The van der Waals surface area contributed by atoms with Gasteiger partial charge in [0.05, 0.1) is 12.8 Å². The average Bonchev–Trinajstić information content (AvgIpc) is 2.41. The quantitative estimate of drug-likeness (QED) is 0.798. The van der Waals surface area contributed by atoms with Gasteiger partial charge >= 0.3 is 0 Å². The molecule has 0 saturated heterocycles. The highest BCUT2D eigenvalue weighted by Gasteiger charge is 2.05. The van der Waals surface area contributed by atoms with Gasteiger partial charge in [0.1, 0.15) is 11.6 Å². The molecule has 0 aliphatic carbocycles. The summed E-state index contributed by atoms with van der Waals surface area (Å²) >= 11 is 6.78. The van der Waals surface area contributed by atoms with Crippen LogP contribution < -0.4 is 10.1 Å². The van der Waals surface area contributed by atoms with Crippen molar-refractivity contribution in [3.63, 3.8) is 0 Å². The van der Waals surface area contributed by atoms with Crippen molar-refractivity contribution in [3.05, 3.63) is 56.7 Å². The molecule has 2 rings (SSSR count). The van der Waals surface area contributed by atoms with E-state index in [1.54, 1.807) is 19.2 Å². The van der Waals surface area contributed by atoms with Crippen LogP contribution in [0.5, 0.6) is 5.75 Å². The molecule has 0 aliphatic heterocycles. The van der Waals surface area contributed by atoms with Crippen molar-refractivity contribution in [2.24, 2.45) is 0 Å². The van der Waals surface area contributed by atoms with E-state index in [-0.39, 0.29) is 5.82 Å². The average molecular weight is 389 g/mol. The van der Waals surface area contributed by atoms with Gasteiger partial charge in [-0.3, -0.25) is 0 Å². The zero-order chi connectivity index (χ0) is 13.8. The molecule has 0 unspecified atom stereocenters. The number of methoxy groups -OCH3 is 1. The summed E-state index contributed by atoms with van der Waals surface area (Å²) in [6, 6.07) is 10.5. The van der Waals surface area contributed by atoms with Gasteiger partial charge in [-0.25, -0.2) is 4.39 Å². The van der Waals surface area contributed by atoms with Crippen molar-refractivity contribution in [2.45, 2.75) is 6.54 Å². The first-order chi connectivity index (χ1) is 9.10. The van der Waals surface area contributed by atoms with Crippen LogP contribution in [0.15, 0.2) is 45.3 Å². The van der Waals surface area contributed by atoms with Gasteiger partial charge in [0.2, 0.25) is 0 Å². The highest BCUT2D eigenvalue weighted by Crippen LogP contribution is 2.28. The van der Waals surface area contributed by atoms with Crippen LogP contribution in [0.4, 0.5) is 10.1 Å². The molecule has 0 fully saturated rings. The normalized spacial score (nSPS) is 10.3. The monoisotopic (exact) mass is 387 g/mol. The van der Waals surface area contributed by atoms with Gasteiger partial charge in [0.25, 0.3) is 0 Å². The van der Waals surface area contributed by atoms with Crippen LogP contribution in [0.3, 0.4) is 0 Å². The van der Waals surface area contributed by atoms with Crippen LogP contribution in [0, 0.1) is 5.82 Å². The lowest BCUT2D eigenvalue weighted by Crippen LogP contribution is -2.02. The summed E-state index contributed by atoms with van der Waals surface area (Å²) in [6.07, 6.45) is 0. The molecule has 1 N–H and O–H groups in total. The zero-order valence-corrected chi connectivity index (χ0v) is 13.4. The lowest BCUT2D eigenvalue weighted by Gasteiger charge is -2.11. The summed E-state index contributed by atoms with van der Waals surface area (Å²) in [7, 11) is 1.61. The Hall–Kier alpha value is -1.07. The third-order valence-corrected chi connectivity index (χ3v) is 3.84. The fourth-order valence-electron chi connectivity index (χ4n) is 1.64. The molecule has 0 aliphatic rings. The lowest BCUT2D eigenvalue weighted by atomic mass is 10.2. The second-order valence-electron chi connectivity index (χ2n) is 3.94. The van der Waals surface area contributed by atoms with Crippen molar-refractivity contribution >= 4 is 37.5 Å². The first-order valence-electron chi connectivity index (χ1n) is 5.61. The highest BCUT2D eigenvalue weighted by molar-refractivity contribution is 9.10. The third kappa shape index (κ3) is 3.70. The zero-order valence-electron chi connectivity index (χ0n) is 10.2. The van der Waals surface area contributed by atoms with Gasteiger partial charge in [-0.15, -0.1) is 0 Å². The highest BCUT2D eigenvalue weighted by atomic mass is 79.9. The number of benzene rings is 2. The lowest BCUT2D eigenvalue weighted by molar-refractivity contribution is 0.415. The van der Waals surface area contributed by atoms with Gasteiger partial charge in [-0.1, -0.05) is 15.9 Å². The van der Waals surface area contributed by atoms with Crippen LogP contribution in [0.2, 0.25) is 0 Å². The summed E-state index contributed by atoms with van der Waals surface area (Å²) in [6.45, 7) is 0.400. The molecule has 0 heterocycles. The minimum Gasteiger partial charge on any atom is -0.497 e. The summed E-state index contributed by atoms with van der Waals surface area (Å²) in [5.74, 6) is 0.523. The maximum absolute atomic E-state index is 13.6. The topological polar surface area (TPSA) is 21.3 Å². The molecule has 2 aromatic carbocycles. The molecule has 100 valence electrons. The SMILES string of the molecule is COc1ccc(Br)c(NCc2cc(Br)ccc2F)c1. The number of ether oxygens (including phenoxy) is 1. The molecular formula is C14H12Br2FNO. The van der Waals surface area contributed by atoms with E-state index in [4.69, 9.17) is 4.74 Å². The van der Waals surface area contributed by atoms with Crippen LogP contribution >= 0.6 is 31.9 Å². The number of hydrogen-bond acceptors (Lipinski definition) is 2. The Bertz CT molecular complexity index is 590. The molecule has 0 amide bonds. The minimum absolute atomic E-state index is 0.227. The minimum atomic E-state index is -0.227. The van der Waals surface area contributed by atoms with Crippen LogP contribution in [-0.2, 0) is 6.54 Å². The van der Waals surface area contributed by atoms with Gasteiger partial charge in [0, 0.05) is 27.1 Å². The van der Waals surface area contributed by atoms with Crippen LogP contribution in [0.25, 0.3) is 0 Å². The van der Waals surface area contributed by atoms with Gasteiger partial charge < -0.3 is 10.1 Å². The number of nitrogens with one attached hydrogen (secondary N) is 1. The van der Waals surface area contributed by atoms with E-state index in [2.05, 4.69) is 37.2 Å². The van der Waals surface area contributed by atoms with Gasteiger partial charge in [-0.2, -0.15) is 0 Å². The van der Waals surface area contributed by atoms with E-state index < -0.39 is 0 Å². The van der Waals surface area contributed by atoms with Crippen molar-refractivity contribution < 1.29 is 9.13 Å². The predicted molar refractivity (Wildman–Crippen MR) is 82.1 cm³/mol. The Kier molecular flexibility index (Phi) is 4.82. The predicted octanol–water partition coefficient (Wildman–Crippen LogP) is 4.97. The number of anilines is 1. The number of halogens is 3. The molecule has 0 radical (unpaired) electrons. The van der Waals surface area contributed by atoms with Crippen LogP contribution in [0.1, 0.15) is 5.56 Å². The van der Waals surface area contributed by atoms with Crippen LogP contribution in [-0.4, -0.2) is 7.11 Å². The number of hydrogen-bond donors (Lipinski definition) is 1. The maximum Gasteiger partial charge on any atom is 0.128 e. The van der Waals surface area contributed by atoms with E-state index in [1.165, 1.54) is 6.07 Å². The van der Waals surface area contributed by atoms with Gasteiger partial charge in [0.15, 0.2) is 0 Å². The fourth-order valence-corrected chi connectivity index (χ4v) is 2.43. The molecule has 0 spiro atoms. The Labute approximate surface area is 128 Å². The van der Waals surface area contributed by atoms with Crippen molar-refractivity contribution in [1.29, 1.82) is 0 Å². The smallest absolute Gasteiger partial charge is 0.128 e.